The smallest absolute Gasteiger partial charge is 0.305 e. The molecule has 1 fully saturated rings. The lowest BCUT2D eigenvalue weighted by Crippen LogP contribution is -2.53. The van der Waals surface area contributed by atoms with E-state index in [4.69, 9.17) is 14.5 Å². The maximum atomic E-state index is 14.1. The Balaban J connectivity index is 1.24. The Hall–Kier alpha value is -2.71. The van der Waals surface area contributed by atoms with Crippen molar-refractivity contribution in [1.29, 1.82) is 0 Å². The number of ether oxygens (including phenoxy) is 2. The summed E-state index contributed by atoms with van der Waals surface area (Å²) < 4.78 is 25.1. The van der Waals surface area contributed by atoms with E-state index in [1.54, 1.807) is 6.07 Å². The van der Waals surface area contributed by atoms with E-state index < -0.39 is 11.8 Å². The number of carbonyl (C=O) groups is 1. The average Bonchev–Trinajstić information content (AvgIpc) is 2.76. The minimum absolute atomic E-state index is 0.0625. The number of fused-ring (bicyclic) bond motifs is 1. The van der Waals surface area contributed by atoms with Crippen LogP contribution in [0.1, 0.15) is 42.1 Å². The Bertz CT molecular complexity index is 949. The van der Waals surface area contributed by atoms with Gasteiger partial charge in [-0.1, -0.05) is 12.1 Å². The molecule has 0 spiro atoms. The van der Waals surface area contributed by atoms with E-state index in [-0.39, 0.29) is 24.3 Å². The monoisotopic (exact) mass is 443 g/mol. The van der Waals surface area contributed by atoms with E-state index in [0.29, 0.717) is 25.3 Å². The predicted molar refractivity (Wildman–Crippen MR) is 119 cm³/mol. The Morgan fingerprint density at radius 2 is 2.19 bits per heavy atom. The molecule has 3 heterocycles. The number of benzene rings is 1. The van der Waals surface area contributed by atoms with E-state index in [1.165, 1.54) is 24.8 Å². The van der Waals surface area contributed by atoms with Crippen LogP contribution in [-0.4, -0.2) is 60.4 Å². The number of carboxylic acids is 1. The number of anilines is 1. The molecule has 1 aromatic heterocycles. The zero-order valence-electron chi connectivity index (χ0n) is 18.3. The highest BCUT2D eigenvalue weighted by atomic mass is 19.1. The van der Waals surface area contributed by atoms with E-state index in [2.05, 4.69) is 17.4 Å². The van der Waals surface area contributed by atoms with Crippen LogP contribution in [0.5, 0.6) is 5.75 Å². The highest BCUT2D eigenvalue weighted by Crippen LogP contribution is 2.32. The van der Waals surface area contributed by atoms with Crippen LogP contribution in [0.3, 0.4) is 0 Å². The zero-order chi connectivity index (χ0) is 22.5. The molecule has 172 valence electrons. The third-order valence-corrected chi connectivity index (χ3v) is 6.13. The number of nitrogens with one attached hydrogen (secondary N) is 1. The summed E-state index contributed by atoms with van der Waals surface area (Å²) in [5.41, 5.74) is 3.00. The van der Waals surface area contributed by atoms with Crippen molar-refractivity contribution in [3.8, 4) is 5.75 Å². The number of aromatic nitrogens is 1. The van der Waals surface area contributed by atoms with Crippen LogP contribution in [-0.2, 0) is 22.4 Å². The summed E-state index contributed by atoms with van der Waals surface area (Å²) in [5.74, 6) is -0.233. The van der Waals surface area contributed by atoms with Crippen molar-refractivity contribution in [2.45, 2.75) is 44.2 Å². The molecule has 8 heteroatoms. The standard InChI is InChI=1S/C24H30FN3O4/c1-31-22-9-7-17(12-20(22)25)21(13-23(29)30)28-14-19(15-28)32-11-3-5-18-8-6-16-4-2-10-26-24(16)27-18/h6-9,12,19,21H,2-5,10-11,13-15H2,1H3,(H,26,27)(H,29,30)/t21-/m0/s1. The summed E-state index contributed by atoms with van der Waals surface area (Å²) in [5, 5.41) is 12.7. The zero-order valence-corrected chi connectivity index (χ0v) is 18.3. The predicted octanol–water partition coefficient (Wildman–Crippen LogP) is 3.44. The summed E-state index contributed by atoms with van der Waals surface area (Å²) in [7, 11) is 1.41. The van der Waals surface area contributed by atoms with E-state index >= 15 is 0 Å². The molecule has 4 rings (SSSR count). The molecule has 1 aromatic carbocycles. The van der Waals surface area contributed by atoms with Gasteiger partial charge >= 0.3 is 5.97 Å². The fraction of sp³-hybridized carbons (Fsp3) is 0.500. The van der Waals surface area contributed by atoms with Crippen LogP contribution in [0.15, 0.2) is 30.3 Å². The molecule has 0 bridgehead atoms. The number of hydrogen-bond donors (Lipinski definition) is 2. The Morgan fingerprint density at radius 1 is 1.34 bits per heavy atom. The number of nitrogens with zero attached hydrogens (tertiary/aromatic N) is 2. The molecule has 0 saturated carbocycles. The van der Waals surface area contributed by atoms with Gasteiger partial charge in [0, 0.05) is 38.0 Å². The van der Waals surface area contributed by atoms with Crippen molar-refractivity contribution < 1.29 is 23.8 Å². The van der Waals surface area contributed by atoms with E-state index in [9.17, 15) is 14.3 Å². The number of likely N-dealkylation sites (tertiary alicyclic amines) is 1. The molecule has 0 unspecified atom stereocenters. The number of hydrogen-bond acceptors (Lipinski definition) is 6. The van der Waals surface area contributed by atoms with Crippen LogP contribution >= 0.6 is 0 Å². The summed E-state index contributed by atoms with van der Waals surface area (Å²) in [4.78, 5) is 18.1. The fourth-order valence-electron chi connectivity index (χ4n) is 4.35. The lowest BCUT2D eigenvalue weighted by molar-refractivity contribution is -0.140. The molecule has 32 heavy (non-hydrogen) atoms. The van der Waals surface area contributed by atoms with Gasteiger partial charge in [0.1, 0.15) is 5.82 Å². The second-order valence-corrected chi connectivity index (χ2v) is 8.40. The molecule has 2 aliphatic rings. The quantitative estimate of drug-likeness (QED) is 0.544. The largest absolute Gasteiger partial charge is 0.494 e. The Kier molecular flexibility index (Phi) is 7.22. The van der Waals surface area contributed by atoms with Gasteiger partial charge in [-0.05, 0) is 55.0 Å². The molecule has 1 saturated heterocycles. The summed E-state index contributed by atoms with van der Waals surface area (Å²) in [6.45, 7) is 2.88. The first-order chi connectivity index (χ1) is 15.5. The Labute approximate surface area is 187 Å². The van der Waals surface area contributed by atoms with Gasteiger partial charge in [-0.3, -0.25) is 9.69 Å². The minimum atomic E-state index is -0.914. The number of aryl methyl sites for hydroxylation is 2. The summed E-state index contributed by atoms with van der Waals surface area (Å²) in [6.07, 6.45) is 3.95. The molecule has 2 N–H and O–H groups in total. The molecule has 0 amide bonds. The highest BCUT2D eigenvalue weighted by molar-refractivity contribution is 5.68. The lowest BCUT2D eigenvalue weighted by Gasteiger charge is -2.43. The van der Waals surface area contributed by atoms with Crippen molar-refractivity contribution in [1.82, 2.24) is 9.88 Å². The number of pyridine rings is 1. The molecular formula is C24H30FN3O4. The van der Waals surface area contributed by atoms with Crippen molar-refractivity contribution in [2.75, 3.05) is 38.7 Å². The maximum Gasteiger partial charge on any atom is 0.305 e. The highest BCUT2D eigenvalue weighted by Gasteiger charge is 2.35. The van der Waals surface area contributed by atoms with Crippen LogP contribution in [0.2, 0.25) is 0 Å². The Morgan fingerprint density at radius 3 is 2.94 bits per heavy atom. The van der Waals surface area contributed by atoms with Gasteiger partial charge in [0.25, 0.3) is 0 Å². The van der Waals surface area contributed by atoms with Crippen LogP contribution < -0.4 is 10.1 Å². The number of methoxy groups -OCH3 is 1. The lowest BCUT2D eigenvalue weighted by atomic mass is 9.97. The SMILES string of the molecule is COc1ccc([C@H](CC(=O)O)N2CC(OCCCc3ccc4c(n3)NCCC4)C2)cc1F. The molecule has 7 nitrogen and oxygen atoms in total. The average molecular weight is 444 g/mol. The fourth-order valence-corrected chi connectivity index (χ4v) is 4.35. The first-order valence-electron chi connectivity index (χ1n) is 11.2. The first-order valence-corrected chi connectivity index (χ1v) is 11.2. The van der Waals surface area contributed by atoms with Gasteiger partial charge < -0.3 is 19.9 Å². The second-order valence-electron chi connectivity index (χ2n) is 8.40. The van der Waals surface area contributed by atoms with Crippen LogP contribution in [0.4, 0.5) is 10.2 Å². The molecular weight excluding hydrogens is 413 g/mol. The van der Waals surface area contributed by atoms with Crippen molar-refractivity contribution >= 4 is 11.8 Å². The van der Waals surface area contributed by atoms with Crippen LogP contribution in [0.25, 0.3) is 0 Å². The maximum absolute atomic E-state index is 14.1. The van der Waals surface area contributed by atoms with Crippen molar-refractivity contribution in [2.24, 2.45) is 0 Å². The van der Waals surface area contributed by atoms with Crippen molar-refractivity contribution in [3.05, 3.63) is 53.0 Å². The number of carboxylic acid groups (broad SMARTS) is 1. The van der Waals surface area contributed by atoms with Gasteiger partial charge in [0.2, 0.25) is 0 Å². The number of aliphatic carboxylic acids is 1. The van der Waals surface area contributed by atoms with Gasteiger partial charge in [-0.15, -0.1) is 0 Å². The normalized spacial score (nSPS) is 17.2. The molecule has 2 aromatic rings. The molecule has 0 aliphatic carbocycles. The third-order valence-electron chi connectivity index (χ3n) is 6.13. The van der Waals surface area contributed by atoms with Crippen LogP contribution in [0, 0.1) is 5.82 Å². The van der Waals surface area contributed by atoms with E-state index in [1.807, 2.05) is 4.90 Å². The van der Waals surface area contributed by atoms with Gasteiger partial charge in [-0.25, -0.2) is 9.37 Å². The number of rotatable bonds is 10. The summed E-state index contributed by atoms with van der Waals surface area (Å²) in [6, 6.07) is 8.50. The van der Waals surface area contributed by atoms with Crippen molar-refractivity contribution in [3.63, 3.8) is 0 Å². The third kappa shape index (κ3) is 5.37. The second kappa shape index (κ2) is 10.3. The molecule has 0 radical (unpaired) electrons. The van der Waals surface area contributed by atoms with E-state index in [0.717, 1.165) is 43.7 Å². The first kappa shape index (κ1) is 22.5. The molecule has 2 aliphatic heterocycles. The summed E-state index contributed by atoms with van der Waals surface area (Å²) >= 11 is 0. The van der Waals surface area contributed by atoms with Gasteiger partial charge in [0.05, 0.1) is 19.6 Å². The molecule has 1 atom stereocenters. The van der Waals surface area contributed by atoms with Gasteiger partial charge in [-0.2, -0.15) is 0 Å². The number of halogens is 1. The topological polar surface area (TPSA) is 83.9 Å². The minimum Gasteiger partial charge on any atom is -0.494 e. The van der Waals surface area contributed by atoms with Gasteiger partial charge in [0.15, 0.2) is 11.6 Å².